The van der Waals surface area contributed by atoms with E-state index in [0.29, 0.717) is 0 Å². The maximum Gasteiger partial charge on any atom is 0.348 e. The molecule has 0 aliphatic carbocycles. The SMILES string of the molecule is CC1(C)OC(=O)C(=Cc2cc(Br)sc2Br)C(=O)O1. The molecule has 4 nitrogen and oxygen atoms in total. The van der Waals surface area contributed by atoms with Crippen molar-refractivity contribution in [3.05, 3.63) is 24.8 Å². The molecule has 1 saturated heterocycles. The van der Waals surface area contributed by atoms with Crippen LogP contribution in [-0.4, -0.2) is 17.7 Å². The van der Waals surface area contributed by atoms with E-state index in [1.54, 1.807) is 6.07 Å². The van der Waals surface area contributed by atoms with E-state index in [9.17, 15) is 9.59 Å². The van der Waals surface area contributed by atoms with E-state index in [2.05, 4.69) is 31.9 Å². The molecule has 0 unspecified atom stereocenters. The third-order valence-electron chi connectivity index (χ3n) is 2.10. The molecule has 0 atom stereocenters. The number of carbonyl (C=O) groups is 2. The lowest BCUT2D eigenvalue weighted by Gasteiger charge is -2.29. The lowest BCUT2D eigenvalue weighted by molar-refractivity contribution is -0.222. The third kappa shape index (κ3) is 2.84. The molecule has 0 radical (unpaired) electrons. The summed E-state index contributed by atoms with van der Waals surface area (Å²) in [4.78, 5) is 23.5. The van der Waals surface area contributed by atoms with Crippen molar-refractivity contribution in [3.63, 3.8) is 0 Å². The molecular weight excluding hydrogens is 388 g/mol. The topological polar surface area (TPSA) is 52.6 Å². The Labute approximate surface area is 124 Å². The van der Waals surface area contributed by atoms with Gasteiger partial charge in [-0.25, -0.2) is 9.59 Å². The molecule has 0 N–H and O–H groups in total. The van der Waals surface area contributed by atoms with Gasteiger partial charge >= 0.3 is 11.9 Å². The second kappa shape index (κ2) is 4.79. The van der Waals surface area contributed by atoms with Crippen LogP contribution >= 0.6 is 43.2 Å². The predicted octanol–water partition coefficient (Wildman–Crippen LogP) is 3.49. The van der Waals surface area contributed by atoms with Gasteiger partial charge in [-0.1, -0.05) is 0 Å². The molecule has 0 aromatic carbocycles. The van der Waals surface area contributed by atoms with Crippen LogP contribution in [0.5, 0.6) is 0 Å². The number of ether oxygens (including phenoxy) is 2. The molecule has 7 heteroatoms. The van der Waals surface area contributed by atoms with Crippen LogP contribution < -0.4 is 0 Å². The maximum absolute atomic E-state index is 11.7. The first-order valence-electron chi connectivity index (χ1n) is 4.92. The number of thiophene rings is 1. The molecule has 0 saturated carbocycles. The summed E-state index contributed by atoms with van der Waals surface area (Å²) in [6, 6.07) is 1.79. The Kier molecular flexibility index (Phi) is 3.66. The van der Waals surface area contributed by atoms with Gasteiger partial charge in [-0.2, -0.15) is 0 Å². The van der Waals surface area contributed by atoms with Gasteiger partial charge in [-0.05, 0) is 44.0 Å². The van der Waals surface area contributed by atoms with E-state index in [-0.39, 0.29) is 5.57 Å². The number of halogens is 2. The summed E-state index contributed by atoms with van der Waals surface area (Å²) in [5, 5.41) is 0. The Morgan fingerprint density at radius 2 is 1.78 bits per heavy atom. The van der Waals surface area contributed by atoms with Gasteiger partial charge in [0.2, 0.25) is 0 Å². The molecular formula is C11H8Br2O4S. The maximum atomic E-state index is 11.7. The van der Waals surface area contributed by atoms with E-state index in [1.807, 2.05) is 0 Å². The Morgan fingerprint density at radius 1 is 1.22 bits per heavy atom. The van der Waals surface area contributed by atoms with Crippen molar-refractivity contribution in [1.29, 1.82) is 0 Å². The molecule has 1 aliphatic rings. The summed E-state index contributed by atoms with van der Waals surface area (Å²) < 4.78 is 11.7. The third-order valence-corrected chi connectivity index (χ3v) is 4.49. The molecule has 1 fully saturated rings. The predicted molar refractivity (Wildman–Crippen MR) is 74.0 cm³/mol. The van der Waals surface area contributed by atoms with Crippen molar-refractivity contribution in [2.24, 2.45) is 0 Å². The number of carbonyl (C=O) groups excluding carboxylic acids is 2. The quantitative estimate of drug-likeness (QED) is 0.415. The molecule has 1 aromatic rings. The number of hydrogen-bond donors (Lipinski definition) is 0. The Balaban J connectivity index is 2.36. The van der Waals surface area contributed by atoms with Gasteiger partial charge in [0.1, 0.15) is 5.57 Å². The van der Waals surface area contributed by atoms with Crippen LogP contribution in [0.2, 0.25) is 0 Å². The Hall–Kier alpha value is -0.660. The van der Waals surface area contributed by atoms with Crippen LogP contribution in [0.4, 0.5) is 0 Å². The van der Waals surface area contributed by atoms with Gasteiger partial charge < -0.3 is 9.47 Å². The highest BCUT2D eigenvalue weighted by atomic mass is 79.9. The van der Waals surface area contributed by atoms with Crippen LogP contribution in [-0.2, 0) is 19.1 Å². The van der Waals surface area contributed by atoms with E-state index < -0.39 is 17.7 Å². The van der Waals surface area contributed by atoms with E-state index in [4.69, 9.17) is 9.47 Å². The minimum Gasteiger partial charge on any atom is -0.419 e. The van der Waals surface area contributed by atoms with Gasteiger partial charge in [0.05, 0.1) is 7.57 Å². The molecule has 1 aromatic heterocycles. The smallest absolute Gasteiger partial charge is 0.348 e. The van der Waals surface area contributed by atoms with Crippen molar-refractivity contribution in [2.75, 3.05) is 0 Å². The molecule has 0 amide bonds. The van der Waals surface area contributed by atoms with Gasteiger partial charge in [0, 0.05) is 19.4 Å². The highest BCUT2D eigenvalue weighted by Gasteiger charge is 2.38. The first-order chi connectivity index (χ1) is 8.28. The monoisotopic (exact) mass is 394 g/mol. The molecule has 2 heterocycles. The minimum absolute atomic E-state index is 0.111. The summed E-state index contributed by atoms with van der Waals surface area (Å²) in [7, 11) is 0. The summed E-state index contributed by atoms with van der Waals surface area (Å²) >= 11 is 8.11. The second-order valence-electron chi connectivity index (χ2n) is 4.02. The van der Waals surface area contributed by atoms with E-state index >= 15 is 0 Å². The van der Waals surface area contributed by atoms with Gasteiger partial charge in [0.25, 0.3) is 5.79 Å². The van der Waals surface area contributed by atoms with Crippen molar-refractivity contribution in [1.82, 2.24) is 0 Å². The lowest BCUT2D eigenvalue weighted by atomic mass is 10.1. The van der Waals surface area contributed by atoms with Gasteiger partial charge in [0.15, 0.2) is 0 Å². The highest BCUT2D eigenvalue weighted by Crippen LogP contribution is 2.34. The fourth-order valence-corrected chi connectivity index (χ4v) is 4.11. The normalized spacial score (nSPS) is 18.3. The summed E-state index contributed by atoms with van der Waals surface area (Å²) in [6.45, 7) is 3.02. The standard InChI is InChI=1S/C11H8Br2O4S/c1-11(2)16-9(14)6(10(15)17-11)3-5-4-7(12)18-8(5)13/h3-4H,1-2H3. The zero-order valence-corrected chi connectivity index (χ0v) is 13.4. The number of cyclic esters (lactones) is 2. The first kappa shape index (κ1) is 13.8. The van der Waals surface area contributed by atoms with E-state index in [1.165, 1.54) is 31.3 Å². The zero-order chi connectivity index (χ0) is 13.5. The molecule has 0 spiro atoms. The van der Waals surface area contributed by atoms with Gasteiger partial charge in [-0.15, -0.1) is 11.3 Å². The molecule has 18 heavy (non-hydrogen) atoms. The van der Waals surface area contributed by atoms with Gasteiger partial charge in [-0.3, -0.25) is 0 Å². The van der Waals surface area contributed by atoms with Crippen molar-refractivity contribution in [2.45, 2.75) is 19.6 Å². The van der Waals surface area contributed by atoms with Crippen LogP contribution in [0, 0.1) is 0 Å². The molecule has 2 rings (SSSR count). The molecule has 1 aliphatic heterocycles. The number of hydrogen-bond acceptors (Lipinski definition) is 5. The fourth-order valence-electron chi connectivity index (χ4n) is 1.39. The summed E-state index contributed by atoms with van der Waals surface area (Å²) in [5.74, 6) is -2.56. The van der Waals surface area contributed by atoms with Crippen LogP contribution in [0.25, 0.3) is 6.08 Å². The fraction of sp³-hybridized carbons (Fsp3) is 0.273. The zero-order valence-electron chi connectivity index (χ0n) is 9.45. The Morgan fingerprint density at radius 3 is 2.22 bits per heavy atom. The van der Waals surface area contributed by atoms with Crippen molar-refractivity contribution >= 4 is 61.2 Å². The second-order valence-corrected chi connectivity index (χ2v) is 7.77. The summed E-state index contributed by atoms with van der Waals surface area (Å²) in [5.41, 5.74) is 0.607. The van der Waals surface area contributed by atoms with Crippen molar-refractivity contribution in [3.8, 4) is 0 Å². The van der Waals surface area contributed by atoms with Crippen LogP contribution in [0.1, 0.15) is 19.4 Å². The molecule has 0 bridgehead atoms. The van der Waals surface area contributed by atoms with Crippen molar-refractivity contribution < 1.29 is 19.1 Å². The molecule has 96 valence electrons. The first-order valence-corrected chi connectivity index (χ1v) is 7.32. The van der Waals surface area contributed by atoms with E-state index in [0.717, 1.165) is 13.1 Å². The van der Waals surface area contributed by atoms with Crippen LogP contribution in [0.15, 0.2) is 19.2 Å². The lowest BCUT2D eigenvalue weighted by Crippen LogP contribution is -2.41. The van der Waals surface area contributed by atoms with Crippen LogP contribution in [0.3, 0.4) is 0 Å². The number of rotatable bonds is 1. The average molecular weight is 396 g/mol. The Bertz CT molecular complexity index is 537. The minimum atomic E-state index is -1.21. The highest BCUT2D eigenvalue weighted by molar-refractivity contribution is 9.12. The largest absolute Gasteiger partial charge is 0.419 e. The number of esters is 2. The summed E-state index contributed by atoms with van der Waals surface area (Å²) in [6.07, 6.45) is 1.45. The average Bonchev–Trinajstić information content (AvgIpc) is 2.49.